The molecule has 1 saturated heterocycles. The highest BCUT2D eigenvalue weighted by atomic mass is 16.5. The van der Waals surface area contributed by atoms with Gasteiger partial charge in [0.25, 0.3) is 0 Å². The predicted octanol–water partition coefficient (Wildman–Crippen LogP) is 8.21. The van der Waals surface area contributed by atoms with Crippen LogP contribution in [0.4, 0.5) is 0 Å². The van der Waals surface area contributed by atoms with Crippen molar-refractivity contribution in [3.8, 4) is 0 Å². The molecule has 6 rings (SSSR count). The minimum absolute atomic E-state index is 0.0191. The van der Waals surface area contributed by atoms with Crippen molar-refractivity contribution in [1.29, 1.82) is 0 Å². The maximum absolute atomic E-state index is 14.6. The molecular weight excluding hydrogens is 470 g/mol. The van der Waals surface area contributed by atoms with Crippen molar-refractivity contribution in [1.82, 2.24) is 0 Å². The molecule has 4 nitrogen and oxygen atoms in total. The van der Waals surface area contributed by atoms with Gasteiger partial charge in [-0.1, -0.05) is 74.8 Å². The average molecular weight is 522 g/mol. The van der Waals surface area contributed by atoms with E-state index in [2.05, 4.69) is 53.3 Å². The summed E-state index contributed by atoms with van der Waals surface area (Å²) in [5.41, 5.74) is -1.21. The van der Waals surface area contributed by atoms with Gasteiger partial charge in [-0.3, -0.25) is 4.79 Å². The predicted molar refractivity (Wildman–Crippen MR) is 151 cm³/mol. The van der Waals surface area contributed by atoms with Crippen molar-refractivity contribution in [2.24, 2.45) is 50.2 Å². The van der Waals surface area contributed by atoms with E-state index in [1.54, 1.807) is 0 Å². The van der Waals surface area contributed by atoms with Crippen LogP contribution in [-0.4, -0.2) is 23.8 Å². The summed E-state index contributed by atoms with van der Waals surface area (Å²) >= 11 is 0. The summed E-state index contributed by atoms with van der Waals surface area (Å²) in [7, 11) is 0. The number of hydrogen-bond acceptors (Lipinski definition) is 3. The number of fused-ring (bicyclic) bond motifs is 4. The third-order valence-electron chi connectivity index (χ3n) is 13.4. The number of ketones is 2. The Hall–Kier alpha value is -1.47. The topological polar surface area (TPSA) is 47.7 Å². The second-order valence-corrected chi connectivity index (χ2v) is 16.1. The lowest BCUT2D eigenvalue weighted by molar-refractivity contribution is -0.254. The van der Waals surface area contributed by atoms with Crippen LogP contribution >= 0.6 is 0 Å². The Morgan fingerprint density at radius 2 is 1.55 bits per heavy atom. The zero-order valence-corrected chi connectivity index (χ0v) is 25.6. The third kappa shape index (κ3) is 3.12. The summed E-state index contributed by atoms with van der Waals surface area (Å²) in [4.78, 5) is 31.5. The Morgan fingerprint density at radius 3 is 2.18 bits per heavy atom. The van der Waals surface area contributed by atoms with Gasteiger partial charge in [0, 0.05) is 23.2 Å². The van der Waals surface area contributed by atoms with Crippen LogP contribution in [0.5, 0.6) is 0 Å². The Kier molecular flexibility index (Phi) is 6.12. The molecule has 0 radical (unpaired) electrons. The lowest BCUT2D eigenvalue weighted by Gasteiger charge is -2.72. The third-order valence-corrected chi connectivity index (χ3v) is 13.4. The van der Waals surface area contributed by atoms with E-state index in [9.17, 15) is 9.59 Å². The molecule has 6 aliphatic rings. The Labute approximate surface area is 231 Å². The maximum Gasteiger partial charge on any atom is 0.226 e. The molecule has 0 aromatic carbocycles. The number of nitrogens with zero attached hydrogens (tertiary/aromatic N) is 1. The fraction of sp³-hybridized carbons (Fsp3) is 0.853. The number of rotatable bonds is 0. The van der Waals surface area contributed by atoms with Crippen molar-refractivity contribution in [2.75, 3.05) is 6.61 Å². The van der Waals surface area contributed by atoms with E-state index in [0.717, 1.165) is 38.7 Å². The van der Waals surface area contributed by atoms with E-state index >= 15 is 0 Å². The summed E-state index contributed by atoms with van der Waals surface area (Å²) < 4.78 is 6.93. The van der Waals surface area contributed by atoms with Crippen molar-refractivity contribution in [3.63, 3.8) is 0 Å². The van der Waals surface area contributed by atoms with Gasteiger partial charge in [-0.15, -0.1) is 0 Å². The Morgan fingerprint density at radius 1 is 0.921 bits per heavy atom. The number of hydrogen-bond donors (Lipinski definition) is 0. The highest BCUT2D eigenvalue weighted by molar-refractivity contribution is 6.02. The van der Waals surface area contributed by atoms with Gasteiger partial charge in [0.05, 0.1) is 13.2 Å². The standard InChI is InChI=1S/C31H43NO3.C3H8/c1-25(2)11-13-30-14-12-29(7)28(6)10-9-20-26(3,4)24(34)19(32-8)16-27(20,5)21(28)15-23(33)31(29,35-18-30)22(30)17-25;1-3-2/h16,20-22H,9-15,17-18H2,1-7H3;3H2,1-2H3/t20-,21+,22+,27-,28+,29-,30+,31+;/m0./s1. The van der Waals surface area contributed by atoms with Gasteiger partial charge in [-0.2, -0.15) is 0 Å². The number of carbonyl (C=O) groups is 2. The van der Waals surface area contributed by atoms with Gasteiger partial charge in [0.15, 0.2) is 11.6 Å². The van der Waals surface area contributed by atoms with E-state index in [4.69, 9.17) is 11.3 Å². The zero-order valence-electron chi connectivity index (χ0n) is 25.6. The molecule has 0 aromatic rings. The SMILES string of the molecule is CCC.[C-]#[N+]C1=C[C@]2(C)[C@H]3CC(=O)[C@]45OC[C@@]6(CCC(C)(C)C[C@H]64)CC[C@@]5(C)[C@]3(C)CC[C@H]2C(C)(C)C1=O. The molecule has 4 heteroatoms. The van der Waals surface area contributed by atoms with Gasteiger partial charge >= 0.3 is 0 Å². The van der Waals surface area contributed by atoms with E-state index in [1.807, 2.05) is 19.9 Å². The first kappa shape index (κ1) is 28.1. The molecule has 5 fully saturated rings. The summed E-state index contributed by atoms with van der Waals surface area (Å²) in [5, 5.41) is 0. The molecule has 5 aliphatic carbocycles. The van der Waals surface area contributed by atoms with Gasteiger partial charge in [-0.25, -0.2) is 4.85 Å². The van der Waals surface area contributed by atoms with E-state index < -0.39 is 11.0 Å². The van der Waals surface area contributed by atoms with Crippen LogP contribution in [0, 0.1) is 56.8 Å². The van der Waals surface area contributed by atoms with Crippen LogP contribution in [-0.2, 0) is 14.3 Å². The largest absolute Gasteiger partial charge is 0.366 e. The molecule has 38 heavy (non-hydrogen) atoms. The van der Waals surface area contributed by atoms with Crippen molar-refractivity contribution < 1.29 is 14.3 Å². The minimum atomic E-state index is -0.677. The van der Waals surface area contributed by atoms with Gasteiger partial charge in [0.2, 0.25) is 5.70 Å². The molecule has 4 saturated carbocycles. The molecule has 1 aliphatic heterocycles. The molecule has 2 bridgehead atoms. The number of carbonyl (C=O) groups excluding carboxylic acids is 2. The fourth-order valence-corrected chi connectivity index (χ4v) is 11.2. The molecule has 0 N–H and O–H groups in total. The maximum atomic E-state index is 14.6. The first-order valence-corrected chi connectivity index (χ1v) is 15.4. The lowest BCUT2D eigenvalue weighted by Crippen LogP contribution is -2.74. The van der Waals surface area contributed by atoms with Gasteiger partial charge in [0.1, 0.15) is 5.60 Å². The van der Waals surface area contributed by atoms with E-state index in [-0.39, 0.29) is 50.4 Å². The Bertz CT molecular complexity index is 1130. The van der Waals surface area contributed by atoms with Crippen molar-refractivity contribution in [2.45, 2.75) is 126 Å². The first-order chi connectivity index (χ1) is 17.6. The molecule has 0 aromatic heterocycles. The highest BCUT2D eigenvalue weighted by Crippen LogP contribution is 2.79. The van der Waals surface area contributed by atoms with E-state index in [1.165, 1.54) is 19.3 Å². The fourth-order valence-electron chi connectivity index (χ4n) is 11.2. The van der Waals surface area contributed by atoms with Crippen LogP contribution in [0.3, 0.4) is 0 Å². The molecule has 210 valence electrons. The number of Topliss-reactive ketones (excluding diaryl/α,β-unsaturated/α-hetero) is 2. The summed E-state index contributed by atoms with van der Waals surface area (Å²) in [6, 6.07) is 0. The summed E-state index contributed by atoms with van der Waals surface area (Å²) in [5.74, 6) is 0.883. The molecule has 0 amide bonds. The first-order valence-electron chi connectivity index (χ1n) is 15.4. The second-order valence-electron chi connectivity index (χ2n) is 16.1. The highest BCUT2D eigenvalue weighted by Gasteiger charge is 2.80. The quantitative estimate of drug-likeness (QED) is 0.302. The molecule has 1 heterocycles. The summed E-state index contributed by atoms with van der Waals surface area (Å²) in [6.45, 7) is 28.7. The van der Waals surface area contributed by atoms with Crippen molar-refractivity contribution in [3.05, 3.63) is 23.2 Å². The lowest BCUT2D eigenvalue weighted by atomic mass is 9.31. The van der Waals surface area contributed by atoms with Crippen molar-refractivity contribution >= 4 is 11.6 Å². The normalized spacial score (nSPS) is 49.7. The van der Waals surface area contributed by atoms with E-state index in [0.29, 0.717) is 18.1 Å². The molecule has 8 atom stereocenters. The average Bonchev–Trinajstić information content (AvgIpc) is 3.08. The summed E-state index contributed by atoms with van der Waals surface area (Å²) in [6.07, 6.45) is 11.4. The minimum Gasteiger partial charge on any atom is -0.366 e. The number of allylic oxidation sites excluding steroid dienone is 2. The molecular formula is C34H51NO3. The van der Waals surface area contributed by atoms with Crippen LogP contribution in [0.25, 0.3) is 4.85 Å². The van der Waals surface area contributed by atoms with Crippen LogP contribution < -0.4 is 0 Å². The van der Waals surface area contributed by atoms with Crippen LogP contribution in [0.1, 0.15) is 120 Å². The monoisotopic (exact) mass is 521 g/mol. The van der Waals surface area contributed by atoms with Gasteiger partial charge < -0.3 is 9.53 Å². The Balaban J connectivity index is 0.000000937. The smallest absolute Gasteiger partial charge is 0.226 e. The molecule has 0 unspecified atom stereocenters. The molecule has 1 spiro atoms. The zero-order chi connectivity index (χ0) is 28.2. The second kappa shape index (κ2) is 8.28. The number of ether oxygens (including phenoxy) is 1. The van der Waals surface area contributed by atoms with Crippen LogP contribution in [0.2, 0.25) is 0 Å². The van der Waals surface area contributed by atoms with Gasteiger partial charge in [-0.05, 0) is 78.4 Å². The van der Waals surface area contributed by atoms with Crippen LogP contribution in [0.15, 0.2) is 11.8 Å².